The summed E-state index contributed by atoms with van der Waals surface area (Å²) in [4.78, 5) is 26.0. The molecule has 1 aromatic heterocycles. The Kier molecular flexibility index (Phi) is 3.64. The number of imidazole rings is 1. The first-order valence-electron chi connectivity index (χ1n) is 6.03. The number of rotatable bonds is 4. The number of carbonyl (C=O) groups is 1. The molecule has 1 atom stereocenters. The number of carbonyl (C=O) groups excluding carboxylic acids is 1. The SMILES string of the molecule is CC(C)C1=NOC(C(=O)N(C)Cc2ncc[nH]2)C1. The molecule has 0 saturated carbocycles. The van der Waals surface area contributed by atoms with Crippen LogP contribution in [0.25, 0.3) is 0 Å². The highest BCUT2D eigenvalue weighted by Gasteiger charge is 2.31. The Bertz CT molecular complexity index is 439. The number of H-pyrrole nitrogens is 1. The van der Waals surface area contributed by atoms with Gasteiger partial charge in [0.15, 0.2) is 0 Å². The second-order valence-electron chi connectivity index (χ2n) is 4.77. The lowest BCUT2D eigenvalue weighted by Crippen LogP contribution is -2.36. The molecule has 0 aromatic carbocycles. The molecule has 0 spiro atoms. The standard InChI is InChI=1S/C12H18N4O2/c1-8(2)9-6-10(18-15-9)12(17)16(3)7-11-13-4-5-14-11/h4-5,8,10H,6-7H2,1-3H3,(H,13,14). The largest absolute Gasteiger partial charge is 0.382 e. The van der Waals surface area contributed by atoms with Gasteiger partial charge in [-0.05, 0) is 5.92 Å². The molecule has 0 saturated heterocycles. The van der Waals surface area contributed by atoms with Crippen molar-refractivity contribution in [1.82, 2.24) is 14.9 Å². The zero-order valence-electron chi connectivity index (χ0n) is 10.9. The highest BCUT2D eigenvalue weighted by atomic mass is 16.6. The maximum Gasteiger partial charge on any atom is 0.267 e. The van der Waals surface area contributed by atoms with E-state index in [-0.39, 0.29) is 5.91 Å². The minimum atomic E-state index is -0.484. The first-order chi connectivity index (χ1) is 8.58. The molecule has 2 heterocycles. The second kappa shape index (κ2) is 5.20. The maximum absolute atomic E-state index is 12.1. The number of likely N-dealkylation sites (N-methyl/N-ethyl adjacent to an activating group) is 1. The quantitative estimate of drug-likeness (QED) is 0.872. The summed E-state index contributed by atoms with van der Waals surface area (Å²) in [5.74, 6) is 1.01. The van der Waals surface area contributed by atoms with Crippen LogP contribution in [0.4, 0.5) is 0 Å². The Labute approximate surface area is 106 Å². The van der Waals surface area contributed by atoms with Crippen molar-refractivity contribution in [3.05, 3.63) is 18.2 Å². The molecule has 1 amide bonds. The van der Waals surface area contributed by atoms with Gasteiger partial charge >= 0.3 is 0 Å². The number of nitrogens with zero attached hydrogens (tertiary/aromatic N) is 3. The van der Waals surface area contributed by atoms with Gasteiger partial charge in [0.1, 0.15) is 5.82 Å². The molecular weight excluding hydrogens is 232 g/mol. The van der Waals surface area contributed by atoms with E-state index in [0.29, 0.717) is 18.9 Å². The van der Waals surface area contributed by atoms with Crippen LogP contribution in [0.2, 0.25) is 0 Å². The molecule has 18 heavy (non-hydrogen) atoms. The number of oxime groups is 1. The summed E-state index contributed by atoms with van der Waals surface area (Å²) in [7, 11) is 1.74. The van der Waals surface area contributed by atoms with Crippen LogP contribution in [0.5, 0.6) is 0 Å². The third kappa shape index (κ3) is 2.69. The van der Waals surface area contributed by atoms with Crippen LogP contribution in [0.15, 0.2) is 17.5 Å². The van der Waals surface area contributed by atoms with E-state index in [1.807, 2.05) is 13.8 Å². The topological polar surface area (TPSA) is 70.6 Å². The van der Waals surface area contributed by atoms with E-state index in [9.17, 15) is 4.79 Å². The zero-order chi connectivity index (χ0) is 13.1. The third-order valence-corrected chi connectivity index (χ3v) is 2.95. The van der Waals surface area contributed by atoms with Gasteiger partial charge < -0.3 is 14.7 Å². The van der Waals surface area contributed by atoms with Crippen molar-refractivity contribution in [2.24, 2.45) is 11.1 Å². The van der Waals surface area contributed by atoms with Crippen molar-refractivity contribution in [3.8, 4) is 0 Å². The number of aromatic nitrogens is 2. The molecule has 1 unspecified atom stereocenters. The predicted octanol–water partition coefficient (Wildman–Crippen LogP) is 1.17. The summed E-state index contributed by atoms with van der Waals surface area (Å²) in [5.41, 5.74) is 0.944. The lowest BCUT2D eigenvalue weighted by Gasteiger charge is -2.18. The van der Waals surface area contributed by atoms with Crippen LogP contribution in [0, 0.1) is 5.92 Å². The summed E-state index contributed by atoms with van der Waals surface area (Å²) in [5, 5.41) is 3.96. The van der Waals surface area contributed by atoms with Crippen molar-refractivity contribution in [1.29, 1.82) is 0 Å². The van der Waals surface area contributed by atoms with Gasteiger partial charge in [0, 0.05) is 25.9 Å². The first kappa shape index (κ1) is 12.6. The van der Waals surface area contributed by atoms with Gasteiger partial charge in [-0.3, -0.25) is 4.79 Å². The average Bonchev–Trinajstić information content (AvgIpc) is 2.98. The summed E-state index contributed by atoms with van der Waals surface area (Å²) < 4.78 is 0. The highest BCUT2D eigenvalue weighted by Crippen LogP contribution is 2.18. The normalized spacial score (nSPS) is 18.7. The minimum absolute atomic E-state index is 0.0641. The Morgan fingerprint density at radius 3 is 3.00 bits per heavy atom. The molecule has 0 aliphatic carbocycles. The van der Waals surface area contributed by atoms with Crippen LogP contribution < -0.4 is 0 Å². The number of aromatic amines is 1. The smallest absolute Gasteiger partial charge is 0.267 e. The van der Waals surface area contributed by atoms with E-state index in [4.69, 9.17) is 4.84 Å². The lowest BCUT2D eigenvalue weighted by atomic mass is 10.0. The number of hydrogen-bond acceptors (Lipinski definition) is 4. The van der Waals surface area contributed by atoms with Gasteiger partial charge in [-0.25, -0.2) is 4.98 Å². The molecule has 1 N–H and O–H groups in total. The van der Waals surface area contributed by atoms with Gasteiger partial charge in [-0.1, -0.05) is 19.0 Å². The molecule has 1 aliphatic heterocycles. The average molecular weight is 250 g/mol. The Balaban J connectivity index is 1.89. The van der Waals surface area contributed by atoms with Crippen LogP contribution in [0.3, 0.4) is 0 Å². The fraction of sp³-hybridized carbons (Fsp3) is 0.583. The lowest BCUT2D eigenvalue weighted by molar-refractivity contribution is -0.141. The highest BCUT2D eigenvalue weighted by molar-refractivity contribution is 5.93. The van der Waals surface area contributed by atoms with Crippen LogP contribution in [-0.4, -0.2) is 39.6 Å². The number of hydrogen-bond donors (Lipinski definition) is 1. The summed E-state index contributed by atoms with van der Waals surface area (Å²) in [6, 6.07) is 0. The van der Waals surface area contributed by atoms with Crippen molar-refractivity contribution >= 4 is 11.6 Å². The van der Waals surface area contributed by atoms with Crippen LogP contribution in [-0.2, 0) is 16.2 Å². The van der Waals surface area contributed by atoms with E-state index in [1.54, 1.807) is 24.3 Å². The third-order valence-electron chi connectivity index (χ3n) is 2.95. The fourth-order valence-electron chi connectivity index (χ4n) is 1.80. The van der Waals surface area contributed by atoms with E-state index in [1.165, 1.54) is 0 Å². The molecule has 1 aromatic rings. The first-order valence-corrected chi connectivity index (χ1v) is 6.03. The minimum Gasteiger partial charge on any atom is -0.382 e. The van der Waals surface area contributed by atoms with E-state index in [2.05, 4.69) is 15.1 Å². The molecule has 0 bridgehead atoms. The van der Waals surface area contributed by atoms with Crippen molar-refractivity contribution < 1.29 is 9.63 Å². The van der Waals surface area contributed by atoms with Crippen LogP contribution in [0.1, 0.15) is 26.1 Å². The van der Waals surface area contributed by atoms with E-state index in [0.717, 1.165) is 11.5 Å². The fourth-order valence-corrected chi connectivity index (χ4v) is 1.80. The molecular formula is C12H18N4O2. The van der Waals surface area contributed by atoms with Gasteiger partial charge in [0.05, 0.1) is 12.3 Å². The molecule has 6 heteroatoms. The Morgan fingerprint density at radius 1 is 1.67 bits per heavy atom. The van der Waals surface area contributed by atoms with Crippen molar-refractivity contribution in [2.45, 2.75) is 32.9 Å². The van der Waals surface area contributed by atoms with E-state index >= 15 is 0 Å². The Morgan fingerprint density at radius 2 is 2.44 bits per heavy atom. The molecule has 1 aliphatic rings. The number of nitrogens with one attached hydrogen (secondary N) is 1. The zero-order valence-corrected chi connectivity index (χ0v) is 10.9. The van der Waals surface area contributed by atoms with Gasteiger partial charge in [-0.2, -0.15) is 0 Å². The monoisotopic (exact) mass is 250 g/mol. The van der Waals surface area contributed by atoms with Gasteiger partial charge in [0.25, 0.3) is 5.91 Å². The number of amides is 1. The predicted molar refractivity (Wildman–Crippen MR) is 66.8 cm³/mol. The summed E-state index contributed by atoms with van der Waals surface area (Å²) >= 11 is 0. The molecule has 98 valence electrons. The summed E-state index contributed by atoms with van der Waals surface area (Å²) in [6.07, 6.45) is 3.50. The van der Waals surface area contributed by atoms with Gasteiger partial charge in [-0.15, -0.1) is 0 Å². The van der Waals surface area contributed by atoms with Crippen molar-refractivity contribution in [2.75, 3.05) is 7.05 Å². The molecule has 2 rings (SSSR count). The van der Waals surface area contributed by atoms with E-state index < -0.39 is 6.10 Å². The molecule has 0 fully saturated rings. The second-order valence-corrected chi connectivity index (χ2v) is 4.77. The van der Waals surface area contributed by atoms with Crippen LogP contribution >= 0.6 is 0 Å². The maximum atomic E-state index is 12.1. The summed E-state index contributed by atoms with van der Waals surface area (Å²) in [6.45, 7) is 4.53. The Hall–Kier alpha value is -1.85. The van der Waals surface area contributed by atoms with Crippen molar-refractivity contribution in [3.63, 3.8) is 0 Å². The molecule has 6 nitrogen and oxygen atoms in total. The van der Waals surface area contributed by atoms with Gasteiger partial charge in [0.2, 0.25) is 6.10 Å². The molecule has 0 radical (unpaired) electrons.